The molecule has 1 N–H and O–H groups in total. The summed E-state index contributed by atoms with van der Waals surface area (Å²) in [5.74, 6) is 0.307. The molecule has 2 aliphatic heterocycles. The maximum absolute atomic E-state index is 12.6. The average molecular weight is 396 g/mol. The number of carbonyl (C=O) groups is 2. The molecule has 8 nitrogen and oxygen atoms in total. The fourth-order valence-electron chi connectivity index (χ4n) is 3.61. The fourth-order valence-corrected chi connectivity index (χ4v) is 3.61. The molecule has 0 unspecified atom stereocenters. The number of fused-ring (bicyclic) bond motifs is 1. The van der Waals surface area contributed by atoms with Crippen molar-refractivity contribution in [1.29, 1.82) is 0 Å². The standard InChI is InChI=1S/C21H24N4O4/c1-5-21(4)17(26)25(19(27)24-21)14-9-22-18(23-10-14)29-15-7-6-13-11-28-12-20(2,3)16(13)8-15/h6-10H,5,11-12H2,1-4H3,(H,24,27)/t21-/m1/s1. The molecule has 0 bridgehead atoms. The molecule has 1 atom stereocenters. The number of benzene rings is 1. The highest BCUT2D eigenvalue weighted by Crippen LogP contribution is 2.35. The Bertz CT molecular complexity index is 973. The monoisotopic (exact) mass is 396 g/mol. The molecule has 1 saturated heterocycles. The first-order valence-corrected chi connectivity index (χ1v) is 9.61. The Balaban J connectivity index is 1.54. The summed E-state index contributed by atoms with van der Waals surface area (Å²) in [5, 5.41) is 2.71. The van der Waals surface area contributed by atoms with Crippen LogP contribution in [0.25, 0.3) is 0 Å². The Hall–Kier alpha value is -3.00. The molecule has 4 rings (SSSR count). The van der Waals surface area contributed by atoms with Crippen LogP contribution < -0.4 is 15.0 Å². The van der Waals surface area contributed by atoms with Crippen LogP contribution >= 0.6 is 0 Å². The summed E-state index contributed by atoms with van der Waals surface area (Å²) in [4.78, 5) is 34.2. The molecule has 1 fully saturated rings. The lowest BCUT2D eigenvalue weighted by atomic mass is 9.81. The number of hydrogen-bond acceptors (Lipinski definition) is 6. The van der Waals surface area contributed by atoms with Crippen molar-refractivity contribution in [3.63, 3.8) is 0 Å². The van der Waals surface area contributed by atoms with Gasteiger partial charge < -0.3 is 14.8 Å². The maximum atomic E-state index is 12.6. The van der Waals surface area contributed by atoms with Gasteiger partial charge in [-0.2, -0.15) is 0 Å². The molecular weight excluding hydrogens is 372 g/mol. The number of imide groups is 1. The number of anilines is 1. The first-order valence-electron chi connectivity index (χ1n) is 9.61. The number of urea groups is 1. The largest absolute Gasteiger partial charge is 0.424 e. The van der Waals surface area contributed by atoms with Gasteiger partial charge in [-0.1, -0.05) is 26.8 Å². The van der Waals surface area contributed by atoms with E-state index in [1.807, 2.05) is 25.1 Å². The minimum atomic E-state index is -0.911. The van der Waals surface area contributed by atoms with Crippen LogP contribution in [0.1, 0.15) is 45.2 Å². The predicted molar refractivity (Wildman–Crippen MR) is 106 cm³/mol. The quantitative estimate of drug-likeness (QED) is 0.797. The number of nitrogens with zero attached hydrogens (tertiary/aromatic N) is 3. The van der Waals surface area contributed by atoms with Crippen molar-refractivity contribution in [2.45, 2.75) is 51.7 Å². The van der Waals surface area contributed by atoms with Crippen LogP contribution in [0, 0.1) is 0 Å². The van der Waals surface area contributed by atoms with Gasteiger partial charge in [-0.15, -0.1) is 0 Å². The minimum Gasteiger partial charge on any atom is -0.424 e. The van der Waals surface area contributed by atoms with Gasteiger partial charge in [0.2, 0.25) is 0 Å². The van der Waals surface area contributed by atoms with Crippen LogP contribution in [-0.2, 0) is 21.6 Å². The molecular formula is C21H24N4O4. The number of ether oxygens (including phenoxy) is 2. The fraction of sp³-hybridized carbons (Fsp3) is 0.429. The Morgan fingerprint density at radius 3 is 2.59 bits per heavy atom. The van der Waals surface area contributed by atoms with Crippen LogP contribution in [0.15, 0.2) is 30.6 Å². The molecule has 3 heterocycles. The van der Waals surface area contributed by atoms with Crippen LogP contribution in [0.5, 0.6) is 11.8 Å². The summed E-state index contributed by atoms with van der Waals surface area (Å²) in [6.07, 6.45) is 3.32. The van der Waals surface area contributed by atoms with Crippen LogP contribution in [0.3, 0.4) is 0 Å². The van der Waals surface area contributed by atoms with Gasteiger partial charge in [0.05, 0.1) is 31.3 Å². The van der Waals surface area contributed by atoms with Crippen LogP contribution in [0.2, 0.25) is 0 Å². The number of amides is 3. The van der Waals surface area contributed by atoms with Gasteiger partial charge in [-0.3, -0.25) is 4.79 Å². The van der Waals surface area contributed by atoms with Gasteiger partial charge >= 0.3 is 12.0 Å². The summed E-state index contributed by atoms with van der Waals surface area (Å²) in [5.41, 5.74) is 1.61. The summed E-state index contributed by atoms with van der Waals surface area (Å²) >= 11 is 0. The SMILES string of the molecule is CC[C@@]1(C)NC(=O)N(c2cnc(Oc3ccc4c(c3)C(C)(C)COC4)nc2)C1=O. The highest BCUT2D eigenvalue weighted by Gasteiger charge is 2.47. The van der Waals surface area contributed by atoms with E-state index in [4.69, 9.17) is 9.47 Å². The first-order chi connectivity index (χ1) is 13.7. The van der Waals surface area contributed by atoms with Gasteiger partial charge in [0.15, 0.2) is 0 Å². The second kappa shape index (κ2) is 6.81. The molecule has 2 aliphatic rings. The van der Waals surface area contributed by atoms with Crippen molar-refractivity contribution in [3.05, 3.63) is 41.7 Å². The van der Waals surface area contributed by atoms with E-state index in [2.05, 4.69) is 29.1 Å². The van der Waals surface area contributed by atoms with E-state index in [-0.39, 0.29) is 17.3 Å². The Morgan fingerprint density at radius 2 is 1.93 bits per heavy atom. The third-order valence-corrected chi connectivity index (χ3v) is 5.58. The summed E-state index contributed by atoms with van der Waals surface area (Å²) in [7, 11) is 0. The normalized spacial score (nSPS) is 23.0. The number of nitrogens with one attached hydrogen (secondary N) is 1. The topological polar surface area (TPSA) is 93.7 Å². The van der Waals surface area contributed by atoms with E-state index < -0.39 is 11.6 Å². The van der Waals surface area contributed by atoms with Crippen molar-refractivity contribution in [2.24, 2.45) is 0 Å². The second-order valence-electron chi connectivity index (χ2n) is 8.28. The summed E-state index contributed by atoms with van der Waals surface area (Å²) in [6.45, 7) is 9.05. The second-order valence-corrected chi connectivity index (χ2v) is 8.28. The van der Waals surface area contributed by atoms with Gasteiger partial charge in [0, 0.05) is 5.41 Å². The third kappa shape index (κ3) is 3.33. The molecule has 0 radical (unpaired) electrons. The summed E-state index contributed by atoms with van der Waals surface area (Å²) < 4.78 is 11.4. The van der Waals surface area contributed by atoms with Crippen molar-refractivity contribution < 1.29 is 19.1 Å². The number of hydrogen-bond donors (Lipinski definition) is 1. The number of aromatic nitrogens is 2. The number of carbonyl (C=O) groups excluding carboxylic acids is 2. The molecule has 2 aromatic rings. The lowest BCUT2D eigenvalue weighted by Crippen LogP contribution is -2.43. The van der Waals surface area contributed by atoms with Gasteiger partial charge in [0.1, 0.15) is 11.3 Å². The van der Waals surface area contributed by atoms with Gasteiger partial charge in [-0.25, -0.2) is 19.7 Å². The van der Waals surface area contributed by atoms with E-state index >= 15 is 0 Å². The van der Waals surface area contributed by atoms with E-state index in [0.29, 0.717) is 31.1 Å². The highest BCUT2D eigenvalue weighted by molar-refractivity contribution is 6.23. The molecule has 8 heteroatoms. The van der Waals surface area contributed by atoms with E-state index in [0.717, 1.165) is 10.5 Å². The zero-order valence-corrected chi connectivity index (χ0v) is 17.0. The zero-order valence-electron chi connectivity index (χ0n) is 17.0. The Labute approximate surface area is 169 Å². The van der Waals surface area contributed by atoms with E-state index in [1.54, 1.807) is 6.92 Å². The lowest BCUT2D eigenvalue weighted by Gasteiger charge is -2.32. The molecule has 0 aliphatic carbocycles. The molecule has 1 aromatic heterocycles. The lowest BCUT2D eigenvalue weighted by molar-refractivity contribution is -0.121. The third-order valence-electron chi connectivity index (χ3n) is 5.58. The molecule has 3 amide bonds. The number of rotatable bonds is 4. The highest BCUT2D eigenvalue weighted by atomic mass is 16.5. The molecule has 29 heavy (non-hydrogen) atoms. The minimum absolute atomic E-state index is 0.104. The van der Waals surface area contributed by atoms with Gasteiger partial charge in [0.25, 0.3) is 5.91 Å². The van der Waals surface area contributed by atoms with Crippen molar-refractivity contribution in [2.75, 3.05) is 11.5 Å². The Kier molecular flexibility index (Phi) is 4.53. The van der Waals surface area contributed by atoms with Crippen molar-refractivity contribution in [3.8, 4) is 11.8 Å². The van der Waals surface area contributed by atoms with Crippen molar-refractivity contribution in [1.82, 2.24) is 15.3 Å². The van der Waals surface area contributed by atoms with E-state index in [9.17, 15) is 9.59 Å². The predicted octanol–water partition coefficient (Wildman–Crippen LogP) is 3.30. The summed E-state index contributed by atoms with van der Waals surface area (Å²) in [6, 6.07) is 5.49. The molecule has 0 saturated carbocycles. The zero-order chi connectivity index (χ0) is 20.8. The first kappa shape index (κ1) is 19.3. The van der Waals surface area contributed by atoms with Crippen LogP contribution in [0.4, 0.5) is 10.5 Å². The molecule has 0 spiro atoms. The Morgan fingerprint density at radius 1 is 1.21 bits per heavy atom. The molecule has 1 aromatic carbocycles. The van der Waals surface area contributed by atoms with E-state index in [1.165, 1.54) is 18.0 Å². The maximum Gasteiger partial charge on any atom is 0.329 e. The molecule has 152 valence electrons. The van der Waals surface area contributed by atoms with Gasteiger partial charge in [-0.05, 0) is 36.6 Å². The van der Waals surface area contributed by atoms with Crippen LogP contribution in [-0.4, -0.2) is 34.1 Å². The smallest absolute Gasteiger partial charge is 0.329 e. The average Bonchev–Trinajstić information content (AvgIpc) is 2.92. The van der Waals surface area contributed by atoms with Crippen molar-refractivity contribution >= 4 is 17.6 Å².